The number of carbonyl (C=O) groups excluding carboxylic acids is 2. The molecule has 4 aliphatic carbocycles. The van der Waals surface area contributed by atoms with Crippen molar-refractivity contribution in [3.05, 3.63) is 77.0 Å². The molecule has 5 fully saturated rings. The second-order valence-corrected chi connectivity index (χ2v) is 14.0. The highest BCUT2D eigenvalue weighted by Crippen LogP contribution is 2.61. The number of halogens is 3. The van der Waals surface area contributed by atoms with E-state index in [9.17, 15) is 28.0 Å². The normalized spacial score (nSPS) is 27.8. The van der Waals surface area contributed by atoms with Crippen molar-refractivity contribution in [1.29, 1.82) is 5.26 Å². The third kappa shape index (κ3) is 5.41. The van der Waals surface area contributed by atoms with E-state index >= 15 is 0 Å². The summed E-state index contributed by atoms with van der Waals surface area (Å²) in [7, 11) is 0. The van der Waals surface area contributed by atoms with Crippen LogP contribution in [0.2, 0.25) is 0 Å². The first kappa shape index (κ1) is 30.6. The number of anilines is 2. The number of nitriles is 1. The monoisotopic (exact) mass is 657 g/mol. The van der Waals surface area contributed by atoms with Crippen molar-refractivity contribution in [3.63, 3.8) is 0 Å². The summed E-state index contributed by atoms with van der Waals surface area (Å²) in [5.74, 6) is 1.61. The van der Waals surface area contributed by atoms with Gasteiger partial charge in [-0.3, -0.25) is 19.4 Å². The van der Waals surface area contributed by atoms with Gasteiger partial charge in [0.2, 0.25) is 5.95 Å². The second-order valence-electron chi connectivity index (χ2n) is 14.0. The fraction of sp³-hybridized carbons (Fsp3) is 0.457. The van der Waals surface area contributed by atoms with E-state index in [1.807, 2.05) is 0 Å². The predicted molar refractivity (Wildman–Crippen MR) is 168 cm³/mol. The van der Waals surface area contributed by atoms with Gasteiger partial charge in [0.25, 0.3) is 11.8 Å². The van der Waals surface area contributed by atoms with E-state index < -0.39 is 6.36 Å². The SMILES string of the molecule is N#Cc1cnc(NCc2ccccc2OC(F)(F)F)nc1NCC12CC3C[C@H](C1)[C@H](N1CC(N4C(=O)c5ccccc5C4=O)C1)[C@@H](C3)C2. The van der Waals surface area contributed by atoms with Crippen LogP contribution in [0.15, 0.2) is 54.7 Å². The quantitative estimate of drug-likeness (QED) is 0.290. The Morgan fingerprint density at radius 2 is 1.62 bits per heavy atom. The molecule has 48 heavy (non-hydrogen) atoms. The molecule has 4 bridgehead atoms. The Hall–Kier alpha value is -4.70. The molecule has 248 valence electrons. The summed E-state index contributed by atoms with van der Waals surface area (Å²) < 4.78 is 42.7. The molecule has 2 N–H and O–H groups in total. The molecule has 2 aliphatic heterocycles. The van der Waals surface area contributed by atoms with Crippen LogP contribution in [-0.4, -0.2) is 69.7 Å². The number of nitrogens with zero attached hydrogens (tertiary/aromatic N) is 5. The number of nitrogens with one attached hydrogen (secondary N) is 2. The Morgan fingerprint density at radius 1 is 0.958 bits per heavy atom. The number of imide groups is 1. The number of ether oxygens (including phenoxy) is 1. The summed E-state index contributed by atoms with van der Waals surface area (Å²) in [6.07, 6.45) is 2.20. The Bertz CT molecular complexity index is 1770. The van der Waals surface area contributed by atoms with Gasteiger partial charge in [0.15, 0.2) is 0 Å². The molecule has 10 nitrogen and oxygen atoms in total. The second kappa shape index (κ2) is 11.5. The molecular formula is C35H34F3N7O3. The molecule has 2 aromatic carbocycles. The van der Waals surface area contributed by atoms with Crippen LogP contribution in [0.25, 0.3) is 0 Å². The van der Waals surface area contributed by atoms with Crippen LogP contribution >= 0.6 is 0 Å². The van der Waals surface area contributed by atoms with Crippen molar-refractivity contribution in [3.8, 4) is 11.8 Å². The number of para-hydroxylation sites is 1. The molecule has 6 aliphatic rings. The molecule has 2 unspecified atom stereocenters. The lowest BCUT2D eigenvalue weighted by Crippen LogP contribution is -2.69. The number of benzene rings is 2. The average molecular weight is 658 g/mol. The van der Waals surface area contributed by atoms with Crippen molar-refractivity contribution >= 4 is 23.6 Å². The molecule has 0 radical (unpaired) electrons. The fourth-order valence-corrected chi connectivity index (χ4v) is 9.42. The summed E-state index contributed by atoms with van der Waals surface area (Å²) in [6.45, 7) is 2.09. The molecule has 1 aromatic heterocycles. The minimum Gasteiger partial charge on any atom is -0.405 e. The highest BCUT2D eigenvalue weighted by molar-refractivity contribution is 6.21. The lowest BCUT2D eigenvalue weighted by Gasteiger charge is -2.64. The maximum Gasteiger partial charge on any atom is 0.573 e. The van der Waals surface area contributed by atoms with Crippen LogP contribution in [0, 0.1) is 34.5 Å². The number of fused-ring (bicyclic) bond motifs is 1. The number of hydrogen-bond donors (Lipinski definition) is 2. The van der Waals surface area contributed by atoms with Crippen LogP contribution in [0.1, 0.15) is 63.9 Å². The molecule has 9 rings (SSSR count). The largest absolute Gasteiger partial charge is 0.573 e. The summed E-state index contributed by atoms with van der Waals surface area (Å²) >= 11 is 0. The number of likely N-dealkylation sites (tertiary alicyclic amines) is 1. The van der Waals surface area contributed by atoms with E-state index in [0.29, 0.717) is 65.9 Å². The van der Waals surface area contributed by atoms with Gasteiger partial charge in [-0.1, -0.05) is 30.3 Å². The molecule has 4 saturated carbocycles. The van der Waals surface area contributed by atoms with Gasteiger partial charge in [0.1, 0.15) is 23.2 Å². The van der Waals surface area contributed by atoms with Crippen LogP contribution in [0.3, 0.4) is 0 Å². The topological polar surface area (TPSA) is 123 Å². The third-order valence-electron chi connectivity index (χ3n) is 11.0. The number of amides is 2. The minimum atomic E-state index is -4.81. The molecule has 0 spiro atoms. The molecule has 3 aromatic rings. The van der Waals surface area contributed by atoms with E-state index in [4.69, 9.17) is 0 Å². The Kier molecular flexibility index (Phi) is 7.32. The van der Waals surface area contributed by atoms with Crippen molar-refractivity contribution in [1.82, 2.24) is 19.8 Å². The zero-order valence-corrected chi connectivity index (χ0v) is 26.0. The number of carbonyl (C=O) groups is 2. The highest BCUT2D eigenvalue weighted by Gasteiger charge is 2.58. The maximum atomic E-state index is 13.0. The molecule has 3 heterocycles. The van der Waals surface area contributed by atoms with Crippen LogP contribution in [-0.2, 0) is 6.54 Å². The maximum absolute atomic E-state index is 13.0. The van der Waals surface area contributed by atoms with Crippen molar-refractivity contribution in [2.75, 3.05) is 30.3 Å². The Morgan fingerprint density at radius 3 is 2.29 bits per heavy atom. The molecular weight excluding hydrogens is 623 g/mol. The van der Waals surface area contributed by atoms with Crippen molar-refractivity contribution in [2.24, 2.45) is 23.2 Å². The van der Waals surface area contributed by atoms with Gasteiger partial charge in [-0.15, -0.1) is 13.2 Å². The van der Waals surface area contributed by atoms with Crippen LogP contribution in [0.4, 0.5) is 24.9 Å². The van der Waals surface area contributed by atoms with Gasteiger partial charge in [-0.25, -0.2) is 4.98 Å². The van der Waals surface area contributed by atoms with E-state index in [1.54, 1.807) is 30.3 Å². The van der Waals surface area contributed by atoms with Crippen molar-refractivity contribution in [2.45, 2.75) is 57.1 Å². The zero-order valence-electron chi connectivity index (χ0n) is 26.0. The zero-order chi connectivity index (χ0) is 33.2. The summed E-state index contributed by atoms with van der Waals surface area (Å²) in [5.41, 5.74) is 1.65. The lowest BCUT2D eigenvalue weighted by molar-refractivity contribution is -0.274. The highest BCUT2D eigenvalue weighted by atomic mass is 19.4. The first-order chi connectivity index (χ1) is 23.1. The van der Waals surface area contributed by atoms with Gasteiger partial charge in [-0.2, -0.15) is 10.2 Å². The van der Waals surface area contributed by atoms with Gasteiger partial charge in [-0.05, 0) is 73.5 Å². The smallest absolute Gasteiger partial charge is 0.405 e. The number of aromatic nitrogens is 2. The van der Waals surface area contributed by atoms with Gasteiger partial charge in [0.05, 0.1) is 23.4 Å². The summed E-state index contributed by atoms with van der Waals surface area (Å²) in [5, 5.41) is 16.2. The average Bonchev–Trinajstić information content (AvgIpc) is 3.28. The first-order valence-electron chi connectivity index (χ1n) is 16.4. The van der Waals surface area contributed by atoms with Gasteiger partial charge >= 0.3 is 6.36 Å². The van der Waals surface area contributed by atoms with Crippen LogP contribution in [0.5, 0.6) is 5.75 Å². The van der Waals surface area contributed by atoms with E-state index in [2.05, 4.69) is 36.3 Å². The third-order valence-corrected chi connectivity index (χ3v) is 11.0. The standard InChI is InChI=1S/C35H34F3N7O3/c36-35(37,38)48-28-8-4-1-5-21(28)15-40-33-41-16-24(14-39)30(43-33)42-19-34-11-20-9-22(12-34)29(23(10-20)13-34)44-17-25(18-44)45-31(46)26-6-2-3-7-27(26)32(45)47/h1-8,16,20,22-23,25,29H,9-13,15,17-19H2,(H2,40,41,42,43)/t20?,22-,23+,29+,34?. The Labute approximate surface area is 275 Å². The summed E-state index contributed by atoms with van der Waals surface area (Å²) in [4.78, 5) is 38.8. The van der Waals surface area contributed by atoms with E-state index in [1.165, 1.54) is 42.1 Å². The van der Waals surface area contributed by atoms with Crippen LogP contribution < -0.4 is 15.4 Å². The van der Waals surface area contributed by atoms with Gasteiger partial charge < -0.3 is 15.4 Å². The van der Waals surface area contributed by atoms with Gasteiger partial charge in [0, 0.05) is 37.8 Å². The van der Waals surface area contributed by atoms with E-state index in [0.717, 1.165) is 19.3 Å². The predicted octanol–water partition coefficient (Wildman–Crippen LogP) is 5.45. The lowest BCUT2D eigenvalue weighted by atomic mass is 9.47. The Balaban J connectivity index is 0.909. The molecule has 2 amide bonds. The van der Waals surface area contributed by atoms with E-state index in [-0.39, 0.29) is 47.1 Å². The number of rotatable bonds is 9. The summed E-state index contributed by atoms with van der Waals surface area (Å²) in [6, 6.07) is 15.4. The number of alkyl halides is 3. The van der Waals surface area contributed by atoms with Crippen molar-refractivity contribution < 1.29 is 27.5 Å². The molecule has 13 heteroatoms. The molecule has 1 saturated heterocycles. The fourth-order valence-electron chi connectivity index (χ4n) is 9.42. The number of hydrogen-bond acceptors (Lipinski definition) is 9. The first-order valence-corrected chi connectivity index (χ1v) is 16.4. The minimum absolute atomic E-state index is 0.00166. The molecule has 5 atom stereocenters.